The molecule has 0 bridgehead atoms. The molecule has 7 nitrogen and oxygen atoms in total. The van der Waals surface area contributed by atoms with Gasteiger partial charge in [0.15, 0.2) is 11.5 Å². The molecule has 124 valence electrons. The number of fused-ring (bicyclic) bond motifs is 1. The fraction of sp³-hybridized carbons (Fsp3) is 0.111. The topological polar surface area (TPSA) is 86.0 Å². The van der Waals surface area contributed by atoms with Crippen LogP contribution in [0, 0.1) is 0 Å². The van der Waals surface area contributed by atoms with Crippen LogP contribution in [0.3, 0.4) is 0 Å². The standard InChI is InChI=1S/C18H15N5O2/c1-23-9-13(17(22-23)11-4-3-5-19-8-11)18-12-6-15(24)16(25-2)7-14(12)20-10-21-18/h3-10,24H,1-2H3. The molecule has 0 amide bonds. The van der Waals surface area contributed by atoms with Crippen molar-refractivity contribution < 1.29 is 9.84 Å². The van der Waals surface area contributed by atoms with Gasteiger partial charge in [-0.25, -0.2) is 9.97 Å². The summed E-state index contributed by atoms with van der Waals surface area (Å²) in [4.78, 5) is 12.9. The van der Waals surface area contributed by atoms with Crippen LogP contribution in [-0.2, 0) is 7.05 Å². The van der Waals surface area contributed by atoms with Gasteiger partial charge in [0.25, 0.3) is 0 Å². The number of aromatic nitrogens is 5. The lowest BCUT2D eigenvalue weighted by atomic mass is 10.0. The first kappa shape index (κ1) is 15.1. The number of hydrogen-bond acceptors (Lipinski definition) is 6. The van der Waals surface area contributed by atoms with E-state index in [4.69, 9.17) is 4.74 Å². The van der Waals surface area contributed by atoms with Crippen molar-refractivity contribution in [2.24, 2.45) is 7.05 Å². The third-order valence-electron chi connectivity index (χ3n) is 3.95. The normalized spacial score (nSPS) is 11.0. The van der Waals surface area contributed by atoms with Gasteiger partial charge in [-0.2, -0.15) is 5.10 Å². The smallest absolute Gasteiger partial charge is 0.162 e. The van der Waals surface area contributed by atoms with Gasteiger partial charge in [0, 0.05) is 48.2 Å². The zero-order valence-corrected chi connectivity index (χ0v) is 13.7. The number of ether oxygens (including phenoxy) is 1. The van der Waals surface area contributed by atoms with E-state index in [1.807, 2.05) is 25.4 Å². The first-order valence-corrected chi connectivity index (χ1v) is 7.63. The highest BCUT2D eigenvalue weighted by Crippen LogP contribution is 2.37. The minimum Gasteiger partial charge on any atom is -0.504 e. The molecule has 1 aromatic carbocycles. The molecule has 0 fully saturated rings. The summed E-state index contributed by atoms with van der Waals surface area (Å²) in [6, 6.07) is 7.12. The monoisotopic (exact) mass is 333 g/mol. The first-order valence-electron chi connectivity index (χ1n) is 7.63. The number of benzene rings is 1. The summed E-state index contributed by atoms with van der Waals surface area (Å²) in [7, 11) is 3.36. The Morgan fingerprint density at radius 2 is 2.04 bits per heavy atom. The number of pyridine rings is 1. The van der Waals surface area contributed by atoms with Crippen molar-refractivity contribution in [1.82, 2.24) is 24.7 Å². The van der Waals surface area contributed by atoms with Crippen molar-refractivity contribution in [3.05, 3.63) is 49.2 Å². The molecule has 0 aliphatic carbocycles. The Balaban J connectivity index is 1.99. The van der Waals surface area contributed by atoms with Crippen molar-refractivity contribution in [3.8, 4) is 34.0 Å². The van der Waals surface area contributed by atoms with Crippen molar-refractivity contribution in [3.63, 3.8) is 0 Å². The lowest BCUT2D eigenvalue weighted by molar-refractivity contribution is 0.374. The van der Waals surface area contributed by atoms with E-state index in [1.165, 1.54) is 13.4 Å². The molecule has 0 aliphatic rings. The van der Waals surface area contributed by atoms with Gasteiger partial charge < -0.3 is 9.84 Å². The summed E-state index contributed by atoms with van der Waals surface area (Å²) in [5.74, 6) is 0.411. The molecule has 0 atom stereocenters. The largest absolute Gasteiger partial charge is 0.504 e. The van der Waals surface area contributed by atoms with Crippen LogP contribution in [0.2, 0.25) is 0 Å². The maximum atomic E-state index is 10.2. The summed E-state index contributed by atoms with van der Waals surface area (Å²) in [6.45, 7) is 0. The fourth-order valence-corrected chi connectivity index (χ4v) is 2.83. The zero-order chi connectivity index (χ0) is 17.4. The van der Waals surface area contributed by atoms with Crippen LogP contribution < -0.4 is 4.74 Å². The van der Waals surface area contributed by atoms with Crippen LogP contribution in [0.1, 0.15) is 0 Å². The Kier molecular flexibility index (Phi) is 3.53. The Morgan fingerprint density at radius 1 is 1.16 bits per heavy atom. The number of aromatic hydroxyl groups is 1. The van der Waals surface area contributed by atoms with Crippen molar-refractivity contribution in [2.75, 3.05) is 7.11 Å². The summed E-state index contributed by atoms with van der Waals surface area (Å²) in [5, 5.41) is 15.4. The number of hydrogen-bond donors (Lipinski definition) is 1. The number of rotatable bonds is 3. The average molecular weight is 333 g/mol. The highest BCUT2D eigenvalue weighted by atomic mass is 16.5. The fourth-order valence-electron chi connectivity index (χ4n) is 2.83. The number of phenols is 1. The Hall–Kier alpha value is -3.48. The Morgan fingerprint density at radius 3 is 2.80 bits per heavy atom. The van der Waals surface area contributed by atoms with Gasteiger partial charge in [-0.15, -0.1) is 0 Å². The summed E-state index contributed by atoms with van der Waals surface area (Å²) in [6.07, 6.45) is 6.87. The summed E-state index contributed by atoms with van der Waals surface area (Å²) >= 11 is 0. The maximum Gasteiger partial charge on any atom is 0.162 e. The van der Waals surface area contributed by atoms with Gasteiger partial charge >= 0.3 is 0 Å². The zero-order valence-electron chi connectivity index (χ0n) is 13.7. The van der Waals surface area contributed by atoms with Crippen LogP contribution in [0.25, 0.3) is 33.4 Å². The van der Waals surface area contributed by atoms with Gasteiger partial charge in [-0.1, -0.05) is 0 Å². The SMILES string of the molecule is COc1cc2ncnc(-c3cn(C)nc3-c3cccnc3)c2cc1O. The van der Waals surface area contributed by atoms with Crippen LogP contribution in [0.4, 0.5) is 0 Å². The summed E-state index contributed by atoms with van der Waals surface area (Å²) in [5.41, 5.74) is 3.87. The van der Waals surface area contributed by atoms with E-state index in [1.54, 1.807) is 29.2 Å². The quantitative estimate of drug-likeness (QED) is 0.620. The molecular formula is C18H15N5O2. The number of phenolic OH excluding ortho intramolecular Hbond substituents is 1. The Bertz CT molecular complexity index is 1060. The lowest BCUT2D eigenvalue weighted by Crippen LogP contribution is -1.92. The van der Waals surface area contributed by atoms with Crippen molar-refractivity contribution >= 4 is 10.9 Å². The summed E-state index contributed by atoms with van der Waals surface area (Å²) < 4.78 is 6.89. The molecule has 25 heavy (non-hydrogen) atoms. The molecule has 7 heteroatoms. The first-order chi connectivity index (χ1) is 12.2. The molecule has 3 heterocycles. The van der Waals surface area contributed by atoms with E-state index in [9.17, 15) is 5.11 Å². The van der Waals surface area contributed by atoms with E-state index < -0.39 is 0 Å². The second-order valence-corrected chi connectivity index (χ2v) is 5.57. The molecule has 0 saturated heterocycles. The molecule has 0 unspecified atom stereocenters. The molecule has 0 spiro atoms. The molecule has 0 radical (unpaired) electrons. The van der Waals surface area contributed by atoms with E-state index in [-0.39, 0.29) is 5.75 Å². The third-order valence-corrected chi connectivity index (χ3v) is 3.95. The van der Waals surface area contributed by atoms with Gasteiger partial charge in [0.1, 0.15) is 12.0 Å². The van der Waals surface area contributed by atoms with Crippen LogP contribution in [-0.4, -0.2) is 36.9 Å². The number of aryl methyl sites for hydroxylation is 1. The second kappa shape index (κ2) is 5.86. The van der Waals surface area contributed by atoms with Crippen molar-refractivity contribution in [1.29, 1.82) is 0 Å². The third kappa shape index (κ3) is 2.55. The second-order valence-electron chi connectivity index (χ2n) is 5.57. The van der Waals surface area contributed by atoms with E-state index in [2.05, 4.69) is 20.1 Å². The van der Waals surface area contributed by atoms with Crippen LogP contribution in [0.5, 0.6) is 11.5 Å². The van der Waals surface area contributed by atoms with Gasteiger partial charge in [-0.3, -0.25) is 9.67 Å². The highest BCUT2D eigenvalue weighted by Gasteiger charge is 2.17. The number of methoxy groups -OCH3 is 1. The molecule has 3 aromatic heterocycles. The van der Waals surface area contributed by atoms with E-state index >= 15 is 0 Å². The predicted octanol–water partition coefficient (Wildman–Crippen LogP) is 2.81. The molecule has 0 saturated carbocycles. The Labute approximate surface area is 143 Å². The van der Waals surface area contributed by atoms with Crippen molar-refractivity contribution in [2.45, 2.75) is 0 Å². The van der Waals surface area contributed by atoms with Crippen LogP contribution in [0.15, 0.2) is 49.2 Å². The average Bonchev–Trinajstić information content (AvgIpc) is 3.03. The van der Waals surface area contributed by atoms with Gasteiger partial charge in [0.2, 0.25) is 0 Å². The highest BCUT2D eigenvalue weighted by molar-refractivity contribution is 5.97. The molecule has 0 aliphatic heterocycles. The minimum absolute atomic E-state index is 0.0397. The minimum atomic E-state index is 0.0397. The molecule has 1 N–H and O–H groups in total. The number of nitrogens with zero attached hydrogens (tertiary/aromatic N) is 5. The van der Waals surface area contributed by atoms with Gasteiger partial charge in [-0.05, 0) is 18.2 Å². The van der Waals surface area contributed by atoms with E-state index in [0.29, 0.717) is 17.0 Å². The maximum absolute atomic E-state index is 10.2. The molecule has 4 aromatic rings. The lowest BCUT2D eigenvalue weighted by Gasteiger charge is -2.08. The van der Waals surface area contributed by atoms with Crippen LogP contribution >= 0.6 is 0 Å². The molecule has 4 rings (SSSR count). The molecular weight excluding hydrogens is 318 g/mol. The van der Waals surface area contributed by atoms with E-state index in [0.717, 1.165) is 22.2 Å². The predicted molar refractivity (Wildman–Crippen MR) is 93.2 cm³/mol. The van der Waals surface area contributed by atoms with Gasteiger partial charge in [0.05, 0.1) is 18.3 Å².